The molecular weight excluding hydrogens is 304 g/mol. The van der Waals surface area contributed by atoms with E-state index in [0.29, 0.717) is 11.6 Å². The van der Waals surface area contributed by atoms with Crippen molar-refractivity contribution in [3.63, 3.8) is 0 Å². The van der Waals surface area contributed by atoms with Crippen LogP contribution in [-0.2, 0) is 0 Å². The Labute approximate surface area is 138 Å². The van der Waals surface area contributed by atoms with Crippen molar-refractivity contribution in [2.45, 2.75) is 18.5 Å². The molecule has 120 valence electrons. The van der Waals surface area contributed by atoms with Crippen LogP contribution in [0.3, 0.4) is 0 Å². The van der Waals surface area contributed by atoms with E-state index >= 15 is 0 Å². The fourth-order valence-electron chi connectivity index (χ4n) is 3.92. The molecule has 5 rings (SSSR count). The number of H-pyrrole nitrogens is 1. The van der Waals surface area contributed by atoms with Gasteiger partial charge in [0, 0.05) is 31.7 Å². The summed E-state index contributed by atoms with van der Waals surface area (Å²) in [5.41, 5.74) is 1.51. The van der Waals surface area contributed by atoms with E-state index in [1.54, 1.807) is 24.8 Å². The minimum absolute atomic E-state index is 0.0738. The summed E-state index contributed by atoms with van der Waals surface area (Å²) in [6, 6.07) is 6.18. The molecule has 1 N–H and O–H groups in total. The standard InChI is InChI=1S/C17H16N6O/c24-17(11-2-1-4-18-7-11)23-9-12-6-13(23)8-22(12)16-14-3-5-19-15(14)20-10-21-16/h1-5,7,10,12-13H,6,8-9H2,(H,19,20,21). The van der Waals surface area contributed by atoms with E-state index in [9.17, 15) is 4.79 Å². The van der Waals surface area contributed by atoms with Gasteiger partial charge in [0.25, 0.3) is 5.91 Å². The summed E-state index contributed by atoms with van der Waals surface area (Å²) in [4.78, 5) is 32.9. The first-order valence-electron chi connectivity index (χ1n) is 8.07. The van der Waals surface area contributed by atoms with Gasteiger partial charge in [0.15, 0.2) is 0 Å². The highest BCUT2D eigenvalue weighted by Gasteiger charge is 2.46. The van der Waals surface area contributed by atoms with Gasteiger partial charge in [0.1, 0.15) is 17.8 Å². The summed E-state index contributed by atoms with van der Waals surface area (Å²) < 4.78 is 0. The molecular formula is C17H16N6O. The Balaban J connectivity index is 1.41. The number of anilines is 1. The molecule has 0 radical (unpaired) electrons. The Morgan fingerprint density at radius 1 is 1.21 bits per heavy atom. The predicted molar refractivity (Wildman–Crippen MR) is 88.7 cm³/mol. The summed E-state index contributed by atoms with van der Waals surface area (Å²) in [5.74, 6) is 1.03. The fraction of sp³-hybridized carbons (Fsp3) is 0.294. The van der Waals surface area contributed by atoms with E-state index in [1.807, 2.05) is 23.2 Å². The Bertz CT molecular complexity index is 908. The second-order valence-electron chi connectivity index (χ2n) is 6.33. The van der Waals surface area contributed by atoms with E-state index in [-0.39, 0.29) is 11.9 Å². The smallest absolute Gasteiger partial charge is 0.255 e. The SMILES string of the molecule is O=C(c1cccnc1)N1CC2CC1CN2c1ncnc2[nH]ccc12. The van der Waals surface area contributed by atoms with Gasteiger partial charge in [-0.2, -0.15) is 0 Å². The highest BCUT2D eigenvalue weighted by Crippen LogP contribution is 2.36. The number of nitrogens with one attached hydrogen (secondary N) is 1. The largest absolute Gasteiger partial charge is 0.349 e. The van der Waals surface area contributed by atoms with Gasteiger partial charge in [-0.3, -0.25) is 9.78 Å². The first kappa shape index (κ1) is 13.5. The summed E-state index contributed by atoms with van der Waals surface area (Å²) in [6.45, 7) is 1.54. The third-order valence-electron chi connectivity index (χ3n) is 5.01. The maximum atomic E-state index is 12.7. The van der Waals surface area contributed by atoms with E-state index in [1.165, 1.54) is 0 Å². The number of nitrogens with zero attached hydrogens (tertiary/aromatic N) is 5. The first-order valence-corrected chi connectivity index (χ1v) is 8.07. The topological polar surface area (TPSA) is 78.0 Å². The van der Waals surface area contributed by atoms with Crippen LogP contribution in [0.25, 0.3) is 11.0 Å². The van der Waals surface area contributed by atoms with Crippen molar-refractivity contribution in [1.82, 2.24) is 24.8 Å². The number of fused-ring (bicyclic) bond motifs is 3. The lowest BCUT2D eigenvalue weighted by molar-refractivity contribution is 0.0725. The number of aromatic amines is 1. The van der Waals surface area contributed by atoms with Crippen LogP contribution in [-0.4, -0.2) is 55.9 Å². The van der Waals surface area contributed by atoms with E-state index in [2.05, 4.69) is 24.8 Å². The summed E-state index contributed by atoms with van der Waals surface area (Å²) >= 11 is 0. The average molecular weight is 320 g/mol. The molecule has 0 aromatic carbocycles. The van der Waals surface area contributed by atoms with Crippen LogP contribution in [0.1, 0.15) is 16.8 Å². The van der Waals surface area contributed by atoms with Crippen LogP contribution < -0.4 is 4.90 Å². The van der Waals surface area contributed by atoms with Crippen LogP contribution in [0.5, 0.6) is 0 Å². The molecule has 0 spiro atoms. The molecule has 2 fully saturated rings. The zero-order valence-corrected chi connectivity index (χ0v) is 13.0. The Morgan fingerprint density at radius 3 is 2.96 bits per heavy atom. The van der Waals surface area contributed by atoms with Crippen molar-refractivity contribution in [3.8, 4) is 0 Å². The van der Waals surface area contributed by atoms with Gasteiger partial charge < -0.3 is 14.8 Å². The number of hydrogen-bond donors (Lipinski definition) is 1. The second-order valence-corrected chi connectivity index (χ2v) is 6.33. The Morgan fingerprint density at radius 2 is 2.17 bits per heavy atom. The van der Waals surface area contributed by atoms with Gasteiger partial charge in [-0.15, -0.1) is 0 Å². The molecule has 24 heavy (non-hydrogen) atoms. The number of piperazine rings is 1. The molecule has 2 aliphatic rings. The van der Waals surface area contributed by atoms with Gasteiger partial charge in [-0.1, -0.05) is 0 Å². The predicted octanol–water partition coefficient (Wildman–Crippen LogP) is 1.46. The highest BCUT2D eigenvalue weighted by atomic mass is 16.2. The molecule has 2 saturated heterocycles. The van der Waals surface area contributed by atoms with Crippen molar-refractivity contribution < 1.29 is 4.79 Å². The molecule has 3 aromatic rings. The monoisotopic (exact) mass is 320 g/mol. The number of likely N-dealkylation sites (tertiary alicyclic amines) is 1. The lowest BCUT2D eigenvalue weighted by Crippen LogP contribution is -2.49. The average Bonchev–Trinajstić information content (AvgIpc) is 3.36. The molecule has 3 aromatic heterocycles. The van der Waals surface area contributed by atoms with Crippen LogP contribution in [0.4, 0.5) is 5.82 Å². The maximum Gasteiger partial charge on any atom is 0.255 e. The quantitative estimate of drug-likeness (QED) is 0.773. The third kappa shape index (κ3) is 1.90. The molecule has 0 aliphatic carbocycles. The second kappa shape index (κ2) is 5.02. The minimum Gasteiger partial charge on any atom is -0.349 e. The van der Waals surface area contributed by atoms with E-state index < -0.39 is 0 Å². The minimum atomic E-state index is 0.0738. The molecule has 0 saturated carbocycles. The van der Waals surface area contributed by atoms with E-state index in [4.69, 9.17) is 0 Å². The van der Waals surface area contributed by atoms with Gasteiger partial charge in [0.05, 0.1) is 23.0 Å². The van der Waals surface area contributed by atoms with E-state index in [0.717, 1.165) is 36.4 Å². The summed E-state index contributed by atoms with van der Waals surface area (Å²) in [5, 5.41) is 1.04. The van der Waals surface area contributed by atoms with Gasteiger partial charge >= 0.3 is 0 Å². The molecule has 7 heteroatoms. The van der Waals surface area contributed by atoms with Crippen LogP contribution >= 0.6 is 0 Å². The Kier molecular flexibility index (Phi) is 2.82. The lowest BCUT2D eigenvalue weighted by atomic mass is 10.2. The van der Waals surface area contributed by atoms with Crippen LogP contribution in [0.15, 0.2) is 43.1 Å². The number of pyridine rings is 1. The highest BCUT2D eigenvalue weighted by molar-refractivity contribution is 5.95. The number of carbonyl (C=O) groups is 1. The first-order chi connectivity index (χ1) is 11.8. The molecule has 2 aliphatic heterocycles. The molecule has 7 nitrogen and oxygen atoms in total. The molecule has 2 unspecified atom stereocenters. The van der Waals surface area contributed by atoms with Gasteiger partial charge in [-0.05, 0) is 24.6 Å². The number of rotatable bonds is 2. The van der Waals surface area contributed by atoms with Crippen LogP contribution in [0, 0.1) is 0 Å². The van der Waals surface area contributed by atoms with Crippen molar-refractivity contribution in [3.05, 3.63) is 48.7 Å². The normalized spacial score (nSPS) is 22.5. The zero-order valence-electron chi connectivity index (χ0n) is 13.0. The molecule has 5 heterocycles. The molecule has 2 bridgehead atoms. The van der Waals surface area contributed by atoms with Gasteiger partial charge in [0.2, 0.25) is 0 Å². The maximum absolute atomic E-state index is 12.7. The number of carbonyl (C=O) groups excluding carboxylic acids is 1. The Hall–Kier alpha value is -2.96. The summed E-state index contributed by atoms with van der Waals surface area (Å²) in [6.07, 6.45) is 7.79. The van der Waals surface area contributed by atoms with Crippen molar-refractivity contribution in [1.29, 1.82) is 0 Å². The zero-order chi connectivity index (χ0) is 16.1. The van der Waals surface area contributed by atoms with Crippen molar-refractivity contribution in [2.24, 2.45) is 0 Å². The third-order valence-corrected chi connectivity index (χ3v) is 5.01. The van der Waals surface area contributed by atoms with Crippen molar-refractivity contribution in [2.75, 3.05) is 18.0 Å². The number of aromatic nitrogens is 4. The van der Waals surface area contributed by atoms with Gasteiger partial charge in [-0.25, -0.2) is 9.97 Å². The number of hydrogen-bond acceptors (Lipinski definition) is 5. The lowest BCUT2D eigenvalue weighted by Gasteiger charge is -2.35. The molecule has 1 amide bonds. The molecule has 2 atom stereocenters. The fourth-order valence-corrected chi connectivity index (χ4v) is 3.92. The number of amides is 1. The summed E-state index contributed by atoms with van der Waals surface area (Å²) in [7, 11) is 0. The van der Waals surface area contributed by atoms with Crippen LogP contribution in [0.2, 0.25) is 0 Å². The van der Waals surface area contributed by atoms with Crippen molar-refractivity contribution >= 4 is 22.8 Å².